The van der Waals surface area contributed by atoms with E-state index in [4.69, 9.17) is 0 Å². The van der Waals surface area contributed by atoms with Gasteiger partial charge < -0.3 is 10.6 Å². The highest BCUT2D eigenvalue weighted by Crippen LogP contribution is 2.20. The fourth-order valence-electron chi connectivity index (χ4n) is 1.65. The van der Waals surface area contributed by atoms with E-state index in [1.165, 1.54) is 0 Å². The molecule has 2 N–H and O–H groups in total. The molecule has 0 unspecified atom stereocenters. The Bertz CT molecular complexity index is 352. The molecule has 1 aliphatic heterocycles. The van der Waals surface area contributed by atoms with E-state index in [1.807, 2.05) is 6.07 Å². The van der Waals surface area contributed by atoms with Crippen LogP contribution in [0.5, 0.6) is 0 Å². The molecule has 1 aliphatic rings. The monoisotopic (exact) mass is 324 g/mol. The van der Waals surface area contributed by atoms with E-state index < -0.39 is 0 Å². The van der Waals surface area contributed by atoms with Crippen LogP contribution in [0.15, 0.2) is 15.2 Å². The quantitative estimate of drug-likeness (QED) is 0.894. The van der Waals surface area contributed by atoms with Crippen LogP contribution in [0.2, 0.25) is 0 Å². The Morgan fingerprint density at radius 2 is 2.50 bits per heavy atom. The van der Waals surface area contributed by atoms with Gasteiger partial charge in [-0.25, -0.2) is 0 Å². The summed E-state index contributed by atoms with van der Waals surface area (Å²) in [5.41, 5.74) is 1.16. The molecule has 1 saturated heterocycles. The number of amides is 1. The summed E-state index contributed by atoms with van der Waals surface area (Å²) in [6.45, 7) is 2.42. The minimum Gasteiger partial charge on any atom is -0.352 e. The fourth-order valence-corrected chi connectivity index (χ4v) is 2.86. The molecule has 0 saturated carbocycles. The van der Waals surface area contributed by atoms with Crippen molar-refractivity contribution < 1.29 is 4.79 Å². The Hall–Kier alpha value is -0.100. The smallest absolute Gasteiger partial charge is 0.224 e. The first-order valence-corrected chi connectivity index (χ1v) is 6.64. The largest absolute Gasteiger partial charge is 0.352 e. The Labute approximate surface area is 114 Å². The van der Waals surface area contributed by atoms with Crippen molar-refractivity contribution in [3.8, 4) is 0 Å². The maximum absolute atomic E-state index is 11.7. The van der Waals surface area contributed by atoms with Crippen LogP contribution in [-0.4, -0.2) is 19.0 Å². The van der Waals surface area contributed by atoms with E-state index in [0.717, 1.165) is 28.9 Å². The molecule has 0 spiro atoms. The van der Waals surface area contributed by atoms with Crippen LogP contribution in [0.25, 0.3) is 0 Å². The summed E-state index contributed by atoms with van der Waals surface area (Å²) in [5.74, 6) is 0.328. The molecule has 16 heavy (non-hydrogen) atoms. The summed E-state index contributed by atoms with van der Waals surface area (Å²) in [6, 6.07) is 2.04. The molecule has 0 aromatic carbocycles. The molecule has 1 aromatic rings. The summed E-state index contributed by atoms with van der Waals surface area (Å²) >= 11 is 5.04. The highest BCUT2D eigenvalue weighted by Gasteiger charge is 2.21. The molecular formula is C10H14BrClN2OS. The first kappa shape index (κ1) is 14.0. The number of hydrogen-bond acceptors (Lipinski definition) is 3. The summed E-state index contributed by atoms with van der Waals surface area (Å²) < 4.78 is 1.11. The van der Waals surface area contributed by atoms with Gasteiger partial charge in [-0.05, 0) is 45.9 Å². The predicted octanol–water partition coefficient (Wildman–Crippen LogP) is 2.16. The standard InChI is InChI=1S/C10H13BrN2OS.ClH/c11-9-3-7(6-15-9)4-13-10(14)8-1-2-12-5-8;/h3,6,8,12H,1-2,4-5H2,(H,13,14);1H/t8-;/m0./s1. The summed E-state index contributed by atoms with van der Waals surface area (Å²) in [4.78, 5) is 11.7. The van der Waals surface area contributed by atoms with Crippen molar-refractivity contribution >= 4 is 45.6 Å². The average molecular weight is 326 g/mol. The lowest BCUT2D eigenvalue weighted by molar-refractivity contribution is -0.124. The van der Waals surface area contributed by atoms with Gasteiger partial charge in [0.2, 0.25) is 5.91 Å². The van der Waals surface area contributed by atoms with Crippen LogP contribution in [-0.2, 0) is 11.3 Å². The predicted molar refractivity (Wildman–Crippen MR) is 72.1 cm³/mol. The van der Waals surface area contributed by atoms with Gasteiger partial charge in [0, 0.05) is 13.1 Å². The normalized spacial score (nSPS) is 19.2. The van der Waals surface area contributed by atoms with E-state index >= 15 is 0 Å². The fraction of sp³-hybridized carbons (Fsp3) is 0.500. The number of halogens is 2. The topological polar surface area (TPSA) is 41.1 Å². The molecule has 2 heterocycles. The lowest BCUT2D eigenvalue weighted by Gasteiger charge is -2.08. The third-order valence-corrected chi connectivity index (χ3v) is 4.07. The number of nitrogens with one attached hydrogen (secondary N) is 2. The van der Waals surface area contributed by atoms with E-state index in [9.17, 15) is 4.79 Å². The Morgan fingerprint density at radius 3 is 3.06 bits per heavy atom. The molecule has 3 nitrogen and oxygen atoms in total. The van der Waals surface area contributed by atoms with Crippen LogP contribution in [0.3, 0.4) is 0 Å². The van der Waals surface area contributed by atoms with E-state index in [-0.39, 0.29) is 24.2 Å². The molecular weight excluding hydrogens is 312 g/mol. The van der Waals surface area contributed by atoms with Gasteiger partial charge in [-0.2, -0.15) is 0 Å². The molecule has 2 rings (SSSR count). The molecule has 0 bridgehead atoms. The maximum atomic E-state index is 11.7. The average Bonchev–Trinajstić information content (AvgIpc) is 2.84. The number of thiophene rings is 1. The van der Waals surface area contributed by atoms with E-state index in [2.05, 4.69) is 31.9 Å². The van der Waals surface area contributed by atoms with Gasteiger partial charge in [0.1, 0.15) is 0 Å². The third kappa shape index (κ3) is 3.73. The third-order valence-electron chi connectivity index (χ3n) is 2.52. The highest BCUT2D eigenvalue weighted by molar-refractivity contribution is 9.11. The van der Waals surface area contributed by atoms with Crippen molar-refractivity contribution in [2.24, 2.45) is 5.92 Å². The second kappa shape index (κ2) is 6.59. The Kier molecular flexibility index (Phi) is 5.75. The Morgan fingerprint density at radius 1 is 1.69 bits per heavy atom. The lowest BCUT2D eigenvalue weighted by Crippen LogP contribution is -2.31. The van der Waals surface area contributed by atoms with Crippen LogP contribution in [0, 0.1) is 5.92 Å². The van der Waals surface area contributed by atoms with Crippen molar-refractivity contribution in [3.63, 3.8) is 0 Å². The van der Waals surface area contributed by atoms with Gasteiger partial charge in [-0.1, -0.05) is 0 Å². The summed E-state index contributed by atoms with van der Waals surface area (Å²) in [6.07, 6.45) is 0.958. The van der Waals surface area contributed by atoms with Crippen LogP contribution < -0.4 is 10.6 Å². The van der Waals surface area contributed by atoms with Crippen molar-refractivity contribution in [1.82, 2.24) is 10.6 Å². The van der Waals surface area contributed by atoms with Gasteiger partial charge in [0.25, 0.3) is 0 Å². The molecule has 1 atom stereocenters. The van der Waals surface area contributed by atoms with Crippen molar-refractivity contribution in [3.05, 3.63) is 20.8 Å². The molecule has 1 fully saturated rings. The van der Waals surface area contributed by atoms with Gasteiger partial charge in [-0.15, -0.1) is 23.7 Å². The van der Waals surface area contributed by atoms with Gasteiger partial charge >= 0.3 is 0 Å². The second-order valence-electron chi connectivity index (χ2n) is 3.67. The highest BCUT2D eigenvalue weighted by atomic mass is 79.9. The SMILES string of the molecule is Cl.O=C(NCc1csc(Br)c1)[C@H]1CCNC1. The Balaban J connectivity index is 0.00000128. The van der Waals surface area contributed by atoms with E-state index in [1.54, 1.807) is 11.3 Å². The lowest BCUT2D eigenvalue weighted by atomic mass is 10.1. The zero-order valence-corrected chi connectivity index (χ0v) is 11.9. The number of carbonyl (C=O) groups is 1. The van der Waals surface area contributed by atoms with Crippen LogP contribution >= 0.6 is 39.7 Å². The minimum absolute atomic E-state index is 0. The van der Waals surface area contributed by atoms with Crippen LogP contribution in [0.4, 0.5) is 0 Å². The summed E-state index contributed by atoms with van der Waals surface area (Å²) in [7, 11) is 0. The summed E-state index contributed by atoms with van der Waals surface area (Å²) in [5, 5.41) is 8.20. The molecule has 0 radical (unpaired) electrons. The molecule has 0 aliphatic carbocycles. The van der Waals surface area contributed by atoms with Gasteiger partial charge in [0.05, 0.1) is 9.70 Å². The van der Waals surface area contributed by atoms with Crippen molar-refractivity contribution in [2.45, 2.75) is 13.0 Å². The number of hydrogen-bond donors (Lipinski definition) is 2. The van der Waals surface area contributed by atoms with Crippen molar-refractivity contribution in [2.75, 3.05) is 13.1 Å². The van der Waals surface area contributed by atoms with Crippen LogP contribution in [0.1, 0.15) is 12.0 Å². The minimum atomic E-state index is 0. The van der Waals surface area contributed by atoms with Gasteiger partial charge in [0.15, 0.2) is 0 Å². The number of carbonyl (C=O) groups excluding carboxylic acids is 1. The van der Waals surface area contributed by atoms with Crippen molar-refractivity contribution in [1.29, 1.82) is 0 Å². The molecule has 1 amide bonds. The first-order chi connectivity index (χ1) is 7.25. The molecule has 1 aromatic heterocycles. The zero-order chi connectivity index (χ0) is 10.7. The molecule has 90 valence electrons. The first-order valence-electron chi connectivity index (χ1n) is 4.97. The van der Waals surface area contributed by atoms with Gasteiger partial charge in [-0.3, -0.25) is 4.79 Å². The molecule has 6 heteroatoms. The zero-order valence-electron chi connectivity index (χ0n) is 8.66. The maximum Gasteiger partial charge on any atom is 0.224 e. The second-order valence-corrected chi connectivity index (χ2v) is 5.96. The van der Waals surface area contributed by atoms with E-state index in [0.29, 0.717) is 6.54 Å². The number of rotatable bonds is 3.